The molecule has 1 aliphatic rings. The Hall–Kier alpha value is -1.00. The van der Waals surface area contributed by atoms with Gasteiger partial charge in [0.25, 0.3) is 0 Å². The summed E-state index contributed by atoms with van der Waals surface area (Å²) in [5, 5.41) is 3.38. The van der Waals surface area contributed by atoms with Crippen LogP contribution in [0.3, 0.4) is 0 Å². The number of likely N-dealkylation sites (N-methyl/N-ethyl adjacent to an activating group) is 1. The second-order valence-electron chi connectivity index (χ2n) is 6.29. The molecule has 1 saturated carbocycles. The molecule has 1 fully saturated rings. The summed E-state index contributed by atoms with van der Waals surface area (Å²) in [6.07, 6.45) is 9.76. The van der Waals surface area contributed by atoms with Gasteiger partial charge in [0.1, 0.15) is 0 Å². The van der Waals surface area contributed by atoms with Crippen molar-refractivity contribution in [1.29, 1.82) is 0 Å². The van der Waals surface area contributed by atoms with Crippen LogP contribution in [0.4, 0.5) is 0 Å². The quantitative estimate of drug-likeness (QED) is 0.907. The zero-order chi connectivity index (χ0) is 13.9. The first-order valence-electron chi connectivity index (χ1n) is 7.01. The minimum Gasteiger partial charge on any atom is -0.376 e. The lowest BCUT2D eigenvalue weighted by atomic mass is 9.68. The molecule has 4 nitrogen and oxygen atoms in total. The Morgan fingerprint density at radius 2 is 1.89 bits per heavy atom. The fourth-order valence-electron chi connectivity index (χ4n) is 3.10. The van der Waals surface area contributed by atoms with Crippen molar-refractivity contribution in [3.63, 3.8) is 0 Å². The molecular formula is C15H25N3O. The molecule has 106 valence electrons. The summed E-state index contributed by atoms with van der Waals surface area (Å²) in [6, 6.07) is 0.0994. The van der Waals surface area contributed by atoms with E-state index in [4.69, 9.17) is 4.74 Å². The van der Waals surface area contributed by atoms with E-state index in [1.165, 1.54) is 12.8 Å². The maximum Gasteiger partial charge on any atom is 0.0888 e. The number of nitrogens with one attached hydrogen (secondary N) is 1. The molecule has 0 aliphatic heterocycles. The van der Waals surface area contributed by atoms with Gasteiger partial charge in [-0.1, -0.05) is 13.8 Å². The van der Waals surface area contributed by atoms with E-state index < -0.39 is 0 Å². The average Bonchev–Trinajstić information content (AvgIpc) is 2.43. The van der Waals surface area contributed by atoms with Crippen LogP contribution in [0.25, 0.3) is 0 Å². The average molecular weight is 263 g/mol. The first-order chi connectivity index (χ1) is 9.03. The number of rotatable bonds is 4. The maximum atomic E-state index is 5.95. The third kappa shape index (κ3) is 2.95. The Labute approximate surface area is 116 Å². The molecular weight excluding hydrogens is 238 g/mol. The molecule has 0 radical (unpaired) electrons. The van der Waals surface area contributed by atoms with E-state index in [0.717, 1.165) is 18.5 Å². The molecule has 1 N–H and O–H groups in total. The van der Waals surface area contributed by atoms with E-state index in [-0.39, 0.29) is 11.6 Å². The Morgan fingerprint density at radius 3 is 2.37 bits per heavy atom. The zero-order valence-corrected chi connectivity index (χ0v) is 12.4. The first-order valence-corrected chi connectivity index (χ1v) is 7.01. The van der Waals surface area contributed by atoms with Crippen molar-refractivity contribution in [3.05, 3.63) is 24.3 Å². The van der Waals surface area contributed by atoms with Gasteiger partial charge < -0.3 is 10.1 Å². The highest BCUT2D eigenvalue weighted by Crippen LogP contribution is 2.46. The number of hydrogen-bond acceptors (Lipinski definition) is 4. The molecule has 4 heteroatoms. The van der Waals surface area contributed by atoms with E-state index in [9.17, 15) is 0 Å². The van der Waals surface area contributed by atoms with Crippen molar-refractivity contribution in [1.82, 2.24) is 15.3 Å². The van der Waals surface area contributed by atoms with Crippen LogP contribution >= 0.6 is 0 Å². The topological polar surface area (TPSA) is 47.0 Å². The summed E-state index contributed by atoms with van der Waals surface area (Å²) in [5.41, 5.74) is 1.22. The van der Waals surface area contributed by atoms with Crippen LogP contribution in [0.15, 0.2) is 18.6 Å². The van der Waals surface area contributed by atoms with Crippen LogP contribution in [-0.2, 0) is 4.74 Å². The Morgan fingerprint density at radius 1 is 1.21 bits per heavy atom. The Kier molecular flexibility index (Phi) is 4.21. The number of hydrogen-bond donors (Lipinski definition) is 1. The minimum atomic E-state index is -0.166. The third-order valence-electron chi connectivity index (χ3n) is 4.55. The van der Waals surface area contributed by atoms with Crippen LogP contribution in [-0.4, -0.2) is 29.7 Å². The first kappa shape index (κ1) is 14.4. The van der Waals surface area contributed by atoms with Gasteiger partial charge in [-0.25, -0.2) is 0 Å². The van der Waals surface area contributed by atoms with E-state index in [0.29, 0.717) is 5.41 Å². The zero-order valence-electron chi connectivity index (χ0n) is 12.4. The fraction of sp³-hybridized carbons (Fsp3) is 0.733. The second-order valence-corrected chi connectivity index (χ2v) is 6.29. The van der Waals surface area contributed by atoms with Crippen LogP contribution in [0, 0.1) is 5.41 Å². The minimum absolute atomic E-state index is 0.0994. The standard InChI is InChI=1S/C15H25N3O/c1-14(2)5-7-15(19-4,8-6-14)13(16-3)12-11-17-9-10-18-12/h9-11,13,16H,5-8H2,1-4H3. The van der Waals surface area contributed by atoms with Crippen molar-refractivity contribution in [2.75, 3.05) is 14.2 Å². The molecule has 0 spiro atoms. The summed E-state index contributed by atoms with van der Waals surface area (Å²) < 4.78 is 5.95. The lowest BCUT2D eigenvalue weighted by molar-refractivity contribution is -0.0871. The highest BCUT2D eigenvalue weighted by molar-refractivity contribution is 5.11. The van der Waals surface area contributed by atoms with Crippen molar-refractivity contribution in [2.24, 2.45) is 5.41 Å². The van der Waals surface area contributed by atoms with Crippen LogP contribution in [0.1, 0.15) is 51.3 Å². The van der Waals surface area contributed by atoms with Gasteiger partial charge in [0.05, 0.1) is 23.5 Å². The molecule has 1 atom stereocenters. The molecule has 0 aromatic carbocycles. The molecule has 0 saturated heterocycles. The van der Waals surface area contributed by atoms with Crippen LogP contribution in [0.5, 0.6) is 0 Å². The van der Waals surface area contributed by atoms with Crippen LogP contribution < -0.4 is 5.32 Å². The predicted octanol–water partition coefficient (Wildman–Crippen LogP) is 2.72. The van der Waals surface area contributed by atoms with Gasteiger partial charge in [-0.2, -0.15) is 0 Å². The molecule has 2 rings (SSSR count). The van der Waals surface area contributed by atoms with E-state index in [2.05, 4.69) is 29.1 Å². The summed E-state index contributed by atoms with van der Waals surface area (Å²) in [6.45, 7) is 4.67. The largest absolute Gasteiger partial charge is 0.376 e. The smallest absolute Gasteiger partial charge is 0.0888 e. The lowest BCUT2D eigenvalue weighted by Crippen LogP contribution is -2.48. The molecule has 1 aromatic rings. The van der Waals surface area contributed by atoms with Gasteiger partial charge in [0, 0.05) is 19.5 Å². The summed E-state index contributed by atoms with van der Waals surface area (Å²) in [5.74, 6) is 0. The molecule has 0 bridgehead atoms. The number of methoxy groups -OCH3 is 1. The van der Waals surface area contributed by atoms with Crippen molar-refractivity contribution < 1.29 is 4.74 Å². The Balaban J connectivity index is 2.25. The lowest BCUT2D eigenvalue weighted by Gasteiger charge is -2.46. The van der Waals surface area contributed by atoms with Crippen LogP contribution in [0.2, 0.25) is 0 Å². The number of nitrogens with zero attached hydrogens (tertiary/aromatic N) is 2. The predicted molar refractivity (Wildman–Crippen MR) is 75.8 cm³/mol. The van der Waals surface area contributed by atoms with Crippen molar-refractivity contribution in [3.8, 4) is 0 Å². The molecule has 1 heterocycles. The monoisotopic (exact) mass is 263 g/mol. The summed E-state index contributed by atoms with van der Waals surface area (Å²) >= 11 is 0. The highest BCUT2D eigenvalue weighted by atomic mass is 16.5. The number of aromatic nitrogens is 2. The number of ether oxygens (including phenoxy) is 1. The highest BCUT2D eigenvalue weighted by Gasteiger charge is 2.45. The molecule has 19 heavy (non-hydrogen) atoms. The fourth-order valence-corrected chi connectivity index (χ4v) is 3.10. The van der Waals surface area contributed by atoms with Gasteiger partial charge in [-0.15, -0.1) is 0 Å². The normalized spacial score (nSPS) is 22.9. The van der Waals surface area contributed by atoms with E-state index in [1.807, 2.05) is 20.4 Å². The molecule has 1 aliphatic carbocycles. The van der Waals surface area contributed by atoms with Gasteiger partial charge >= 0.3 is 0 Å². The molecule has 1 aromatic heterocycles. The summed E-state index contributed by atoms with van der Waals surface area (Å²) in [7, 11) is 3.79. The maximum absolute atomic E-state index is 5.95. The molecule has 0 amide bonds. The van der Waals surface area contributed by atoms with Gasteiger partial charge in [-0.05, 0) is 38.1 Å². The van der Waals surface area contributed by atoms with Gasteiger partial charge in [0.2, 0.25) is 0 Å². The SMILES string of the molecule is CNC(c1cnccn1)C1(OC)CCC(C)(C)CC1. The summed E-state index contributed by atoms with van der Waals surface area (Å²) in [4.78, 5) is 8.63. The van der Waals surface area contributed by atoms with Gasteiger partial charge in [-0.3, -0.25) is 9.97 Å². The van der Waals surface area contributed by atoms with E-state index >= 15 is 0 Å². The van der Waals surface area contributed by atoms with Gasteiger partial charge in [0.15, 0.2) is 0 Å². The van der Waals surface area contributed by atoms with Crippen molar-refractivity contribution >= 4 is 0 Å². The Bertz CT molecular complexity index is 395. The van der Waals surface area contributed by atoms with E-state index in [1.54, 1.807) is 12.4 Å². The second kappa shape index (κ2) is 5.55. The van der Waals surface area contributed by atoms with Crippen molar-refractivity contribution in [2.45, 2.75) is 51.2 Å². The molecule has 1 unspecified atom stereocenters. The third-order valence-corrected chi connectivity index (χ3v) is 4.55.